The molecule has 0 heterocycles. The number of rotatable bonds is 3. The number of benzene rings is 2. The lowest BCUT2D eigenvalue weighted by Gasteiger charge is -2.28. The minimum Gasteiger partial charge on any atom is -0.206 e. The highest BCUT2D eigenvalue weighted by Gasteiger charge is 2.22. The first kappa shape index (κ1) is 19.5. The van der Waals surface area contributed by atoms with Crippen LogP contribution in [0.3, 0.4) is 0 Å². The molecule has 0 amide bonds. The molecule has 2 aromatic carbocycles. The van der Waals surface area contributed by atoms with Crippen LogP contribution in [-0.2, 0) is 0 Å². The van der Waals surface area contributed by atoms with Gasteiger partial charge < -0.3 is 0 Å². The summed E-state index contributed by atoms with van der Waals surface area (Å²) in [5.41, 5.74) is 1.10. The Morgan fingerprint density at radius 1 is 0.852 bits per heavy atom. The summed E-state index contributed by atoms with van der Waals surface area (Å²) in [6, 6.07) is 6.59. The van der Waals surface area contributed by atoms with Gasteiger partial charge in [0.05, 0.1) is 5.56 Å². The van der Waals surface area contributed by atoms with Crippen molar-refractivity contribution >= 4 is 0 Å². The van der Waals surface area contributed by atoms with Gasteiger partial charge >= 0.3 is 0 Å². The van der Waals surface area contributed by atoms with E-state index in [2.05, 4.69) is 18.8 Å². The first-order chi connectivity index (χ1) is 13.0. The summed E-state index contributed by atoms with van der Waals surface area (Å²) in [5, 5.41) is 0. The second-order valence-corrected chi connectivity index (χ2v) is 7.25. The monoisotopic (exact) mass is 374 g/mol. The first-order valence-electron chi connectivity index (χ1n) is 9.44. The van der Waals surface area contributed by atoms with E-state index in [0.29, 0.717) is 5.92 Å². The molecule has 0 aliphatic heterocycles. The highest BCUT2D eigenvalue weighted by molar-refractivity contribution is 5.45. The van der Waals surface area contributed by atoms with E-state index in [-0.39, 0.29) is 11.1 Å². The first-order valence-corrected chi connectivity index (χ1v) is 9.44. The second kappa shape index (κ2) is 8.61. The fourth-order valence-corrected chi connectivity index (χ4v) is 3.85. The predicted molar refractivity (Wildman–Crippen MR) is 98.3 cm³/mol. The molecule has 0 aromatic heterocycles. The Balaban J connectivity index is 1.73. The van der Waals surface area contributed by atoms with E-state index in [9.17, 15) is 17.6 Å². The topological polar surface area (TPSA) is 0 Å². The molecule has 0 atom stereocenters. The van der Waals surface area contributed by atoms with Gasteiger partial charge in [0.25, 0.3) is 0 Å². The van der Waals surface area contributed by atoms with Crippen LogP contribution >= 0.6 is 0 Å². The molecule has 0 bridgehead atoms. The van der Waals surface area contributed by atoms with Gasteiger partial charge in [-0.15, -0.1) is 0 Å². The highest BCUT2D eigenvalue weighted by Crippen LogP contribution is 2.37. The van der Waals surface area contributed by atoms with Gasteiger partial charge in [-0.05, 0) is 67.3 Å². The third kappa shape index (κ3) is 4.71. The summed E-state index contributed by atoms with van der Waals surface area (Å²) >= 11 is 0. The average Bonchev–Trinajstić information content (AvgIpc) is 2.66. The molecule has 0 saturated heterocycles. The zero-order chi connectivity index (χ0) is 19.4. The van der Waals surface area contributed by atoms with Crippen molar-refractivity contribution < 1.29 is 17.6 Å². The summed E-state index contributed by atoms with van der Waals surface area (Å²) in [7, 11) is 0. The lowest BCUT2D eigenvalue weighted by molar-refractivity contribution is 0.308. The summed E-state index contributed by atoms with van der Waals surface area (Å²) < 4.78 is 53.8. The molecule has 1 aliphatic carbocycles. The summed E-state index contributed by atoms with van der Waals surface area (Å²) in [6.45, 7) is 2.20. The highest BCUT2D eigenvalue weighted by atomic mass is 19.2. The Kier molecular flexibility index (Phi) is 6.21. The van der Waals surface area contributed by atoms with E-state index in [0.717, 1.165) is 36.5 Å². The van der Waals surface area contributed by atoms with Crippen molar-refractivity contribution in [2.75, 3.05) is 0 Å². The zero-order valence-electron chi connectivity index (χ0n) is 15.3. The number of hydrogen-bond acceptors (Lipinski definition) is 0. The summed E-state index contributed by atoms with van der Waals surface area (Å²) in [6.07, 6.45) is 6.98. The van der Waals surface area contributed by atoms with Crippen molar-refractivity contribution in [3.63, 3.8) is 0 Å². The van der Waals surface area contributed by atoms with E-state index in [1.165, 1.54) is 31.7 Å². The molecular formula is C23H22F4. The average molecular weight is 374 g/mol. The normalized spacial score (nSPS) is 19.4. The number of hydrogen-bond donors (Lipinski definition) is 0. The molecule has 0 nitrogen and oxygen atoms in total. The van der Waals surface area contributed by atoms with E-state index >= 15 is 0 Å². The third-order valence-electron chi connectivity index (χ3n) is 5.33. The van der Waals surface area contributed by atoms with Gasteiger partial charge in [0, 0.05) is 5.56 Å². The lowest BCUT2D eigenvalue weighted by atomic mass is 9.77. The number of halogens is 4. The van der Waals surface area contributed by atoms with Crippen LogP contribution in [0, 0.1) is 41.0 Å². The van der Waals surface area contributed by atoms with Gasteiger partial charge in [0.1, 0.15) is 5.82 Å². The van der Waals surface area contributed by atoms with Crippen molar-refractivity contribution in [1.29, 1.82) is 0 Å². The Labute approximate surface area is 157 Å². The van der Waals surface area contributed by atoms with Gasteiger partial charge in [-0.3, -0.25) is 0 Å². The van der Waals surface area contributed by atoms with Crippen LogP contribution in [0.25, 0.3) is 0 Å². The predicted octanol–water partition coefficient (Wildman–Crippen LogP) is 6.72. The molecule has 0 N–H and O–H groups in total. The van der Waals surface area contributed by atoms with Gasteiger partial charge in [0.2, 0.25) is 0 Å². The molecule has 0 spiro atoms. The van der Waals surface area contributed by atoms with Crippen LogP contribution in [0.2, 0.25) is 0 Å². The smallest absolute Gasteiger partial charge is 0.194 e. The Bertz CT molecular complexity index is 845. The molecule has 0 radical (unpaired) electrons. The zero-order valence-corrected chi connectivity index (χ0v) is 15.3. The van der Waals surface area contributed by atoms with Crippen LogP contribution in [0.5, 0.6) is 0 Å². The standard InChI is InChI=1S/C23H22F4/c1-2-3-15-4-7-17(8-5-15)19-11-10-18(20(24)14-19)9-6-16-12-21(25)23(27)22(26)13-16/h10-15,17H,2-5,7-8H2,1H3. The SMILES string of the molecule is CCCC1CCC(c2ccc(C#Cc3cc(F)c(F)c(F)c3)c(F)c2)CC1. The maximum absolute atomic E-state index is 14.4. The van der Waals surface area contributed by atoms with Crippen molar-refractivity contribution in [2.45, 2.75) is 51.4 Å². The molecule has 2 aromatic rings. The van der Waals surface area contributed by atoms with E-state index in [1.54, 1.807) is 6.07 Å². The fraction of sp³-hybridized carbons (Fsp3) is 0.391. The minimum absolute atomic E-state index is 0.0378. The van der Waals surface area contributed by atoms with Gasteiger partial charge in [-0.25, -0.2) is 17.6 Å². The van der Waals surface area contributed by atoms with Crippen LogP contribution in [0.1, 0.15) is 68.1 Å². The van der Waals surface area contributed by atoms with Gasteiger partial charge in [-0.2, -0.15) is 0 Å². The van der Waals surface area contributed by atoms with Gasteiger partial charge in [0.15, 0.2) is 17.5 Å². The van der Waals surface area contributed by atoms with E-state index in [1.807, 2.05) is 6.07 Å². The third-order valence-corrected chi connectivity index (χ3v) is 5.33. The molecule has 0 unspecified atom stereocenters. The molecule has 3 rings (SSSR count). The molecule has 4 heteroatoms. The van der Waals surface area contributed by atoms with Crippen molar-refractivity contribution in [3.05, 3.63) is 70.3 Å². The molecule has 1 saturated carbocycles. The van der Waals surface area contributed by atoms with Crippen LogP contribution in [0.15, 0.2) is 30.3 Å². The maximum atomic E-state index is 14.4. The fourth-order valence-electron chi connectivity index (χ4n) is 3.85. The van der Waals surface area contributed by atoms with E-state index < -0.39 is 23.3 Å². The van der Waals surface area contributed by atoms with Gasteiger partial charge in [-0.1, -0.05) is 37.7 Å². The van der Waals surface area contributed by atoms with Crippen molar-refractivity contribution in [3.8, 4) is 11.8 Å². The Morgan fingerprint density at radius 2 is 1.52 bits per heavy atom. The summed E-state index contributed by atoms with van der Waals surface area (Å²) in [5.74, 6) is 1.62. The molecule has 1 fully saturated rings. The minimum atomic E-state index is -1.54. The van der Waals surface area contributed by atoms with Crippen molar-refractivity contribution in [2.24, 2.45) is 5.92 Å². The van der Waals surface area contributed by atoms with Crippen molar-refractivity contribution in [1.82, 2.24) is 0 Å². The summed E-state index contributed by atoms with van der Waals surface area (Å²) in [4.78, 5) is 0. The van der Waals surface area contributed by atoms with Crippen LogP contribution < -0.4 is 0 Å². The molecule has 27 heavy (non-hydrogen) atoms. The maximum Gasteiger partial charge on any atom is 0.194 e. The van der Waals surface area contributed by atoms with Crippen LogP contribution in [-0.4, -0.2) is 0 Å². The molecule has 1 aliphatic rings. The quantitative estimate of drug-likeness (QED) is 0.318. The Morgan fingerprint density at radius 3 is 2.11 bits per heavy atom. The Hall–Kier alpha value is -2.28. The second-order valence-electron chi connectivity index (χ2n) is 7.25. The largest absolute Gasteiger partial charge is 0.206 e. The van der Waals surface area contributed by atoms with Crippen LogP contribution in [0.4, 0.5) is 17.6 Å². The lowest BCUT2D eigenvalue weighted by Crippen LogP contribution is -2.13. The molecular weight excluding hydrogens is 352 g/mol. The van der Waals surface area contributed by atoms with E-state index in [4.69, 9.17) is 0 Å². The molecule has 142 valence electrons.